The monoisotopic (exact) mass is 420 g/mol. The maximum Gasteiger partial charge on any atom is 0.373 e. The van der Waals surface area contributed by atoms with Crippen LogP contribution in [-0.2, 0) is 20.8 Å². The molecule has 0 bridgehead atoms. The van der Waals surface area contributed by atoms with Crippen molar-refractivity contribution in [1.29, 1.82) is 5.26 Å². The second kappa shape index (κ2) is 9.20. The van der Waals surface area contributed by atoms with Crippen LogP contribution in [0.25, 0.3) is 16.6 Å². The molecule has 1 saturated heterocycles. The summed E-state index contributed by atoms with van der Waals surface area (Å²) in [5.41, 5.74) is 4.94. The zero-order valence-electron chi connectivity index (χ0n) is 18.3. The molecule has 1 aromatic heterocycles. The number of allylic oxidation sites excluding steroid dienone is 1. The Bertz CT molecular complexity index is 1090. The summed E-state index contributed by atoms with van der Waals surface area (Å²) in [4.78, 5) is 29.7. The minimum Gasteiger partial charge on any atom is -0.356 e. The van der Waals surface area contributed by atoms with E-state index < -0.39 is 0 Å². The first kappa shape index (κ1) is 22.3. The van der Waals surface area contributed by atoms with Gasteiger partial charge in [0.15, 0.2) is 6.19 Å². The van der Waals surface area contributed by atoms with E-state index in [4.69, 9.17) is 9.59 Å². The number of nitriles is 1. The molecule has 4 rings (SSSR count). The van der Waals surface area contributed by atoms with E-state index >= 15 is 0 Å². The molecule has 2 aliphatic heterocycles. The molecule has 1 amide bonds. The Labute approximate surface area is 182 Å². The third-order valence-electron chi connectivity index (χ3n) is 6.56. The Morgan fingerprint density at radius 2 is 2.03 bits per heavy atom. The summed E-state index contributed by atoms with van der Waals surface area (Å²) in [6.07, 6.45) is 9.08. The molecular formula is C24H28N4O3. The molecule has 0 radical (unpaired) electrons. The van der Waals surface area contributed by atoms with Crippen molar-refractivity contribution in [2.24, 2.45) is 5.41 Å². The minimum absolute atomic E-state index is 0.00678. The molecular weight excluding hydrogens is 392 g/mol. The molecule has 0 saturated carbocycles. The first-order valence-corrected chi connectivity index (χ1v) is 10.7. The Balaban J connectivity index is 0.000000858. The van der Waals surface area contributed by atoms with Crippen molar-refractivity contribution < 1.29 is 14.4 Å². The van der Waals surface area contributed by atoms with Crippen molar-refractivity contribution in [3.8, 4) is 6.19 Å². The van der Waals surface area contributed by atoms with Gasteiger partial charge in [-0.15, -0.1) is 0 Å². The summed E-state index contributed by atoms with van der Waals surface area (Å²) in [5.74, 6) is -0.00678. The van der Waals surface area contributed by atoms with Gasteiger partial charge in [0.05, 0.1) is 17.3 Å². The number of nitrogens with one attached hydrogen (secondary N) is 1. The number of likely N-dealkylation sites (tertiary alicyclic amines) is 1. The number of para-hydroxylation sites is 1. The average molecular weight is 421 g/mol. The van der Waals surface area contributed by atoms with E-state index in [1.165, 1.54) is 27.9 Å². The Hall–Kier alpha value is -3.36. The molecule has 7 heteroatoms. The van der Waals surface area contributed by atoms with Gasteiger partial charge in [-0.3, -0.25) is 4.79 Å². The summed E-state index contributed by atoms with van der Waals surface area (Å²) in [6, 6.07) is 8.54. The van der Waals surface area contributed by atoms with Gasteiger partial charge in [0.25, 0.3) is 0 Å². The van der Waals surface area contributed by atoms with Crippen LogP contribution < -0.4 is 5.32 Å². The first-order chi connectivity index (χ1) is 14.9. The van der Waals surface area contributed by atoms with E-state index in [-0.39, 0.29) is 23.5 Å². The van der Waals surface area contributed by atoms with Crippen LogP contribution in [0.3, 0.4) is 0 Å². The Kier molecular flexibility index (Phi) is 6.62. The van der Waals surface area contributed by atoms with Crippen molar-refractivity contribution in [3.05, 3.63) is 41.6 Å². The first-order valence-electron chi connectivity index (χ1n) is 10.7. The van der Waals surface area contributed by atoms with Gasteiger partial charge in [0, 0.05) is 36.5 Å². The number of amides is 1. The molecule has 2 atom stereocenters. The van der Waals surface area contributed by atoms with E-state index in [9.17, 15) is 10.1 Å². The zero-order chi connectivity index (χ0) is 22.6. The molecule has 162 valence electrons. The van der Waals surface area contributed by atoms with Gasteiger partial charge in [-0.05, 0) is 44.2 Å². The highest BCUT2D eigenvalue weighted by Crippen LogP contribution is 2.55. The lowest BCUT2D eigenvalue weighted by molar-refractivity contribution is -0.191. The van der Waals surface area contributed by atoms with E-state index in [1.54, 1.807) is 6.92 Å². The lowest BCUT2D eigenvalue weighted by atomic mass is 9.67. The number of hydrogen-bond acceptors (Lipinski definition) is 5. The summed E-state index contributed by atoms with van der Waals surface area (Å²) in [5, 5.41) is 14.1. The summed E-state index contributed by atoms with van der Waals surface area (Å²) < 4.78 is 2.35. The number of rotatable bonds is 4. The number of carbonyl (C=O) groups excluding carboxylic acids is 3. The number of carbonyl (C=O) groups is 1. The lowest BCUT2D eigenvalue weighted by Gasteiger charge is -2.49. The van der Waals surface area contributed by atoms with Crippen molar-refractivity contribution in [1.82, 2.24) is 14.8 Å². The molecule has 0 unspecified atom stereocenters. The molecule has 0 aliphatic carbocycles. The van der Waals surface area contributed by atoms with E-state index in [0.29, 0.717) is 6.54 Å². The number of hydrogen-bond donors (Lipinski definition) is 1. The maximum absolute atomic E-state index is 11.4. The van der Waals surface area contributed by atoms with Crippen LogP contribution in [0.5, 0.6) is 0 Å². The highest BCUT2D eigenvalue weighted by molar-refractivity contribution is 5.89. The van der Waals surface area contributed by atoms with Gasteiger partial charge in [-0.25, -0.2) is 0 Å². The van der Waals surface area contributed by atoms with Crippen LogP contribution >= 0.6 is 0 Å². The quantitative estimate of drug-likeness (QED) is 0.762. The third kappa shape index (κ3) is 3.87. The lowest BCUT2D eigenvalue weighted by Crippen LogP contribution is -2.46. The molecule has 2 aromatic rings. The smallest absolute Gasteiger partial charge is 0.356 e. The number of aromatic nitrogens is 1. The topological polar surface area (TPSA) is 95.2 Å². The second-order valence-electron chi connectivity index (χ2n) is 8.20. The van der Waals surface area contributed by atoms with Gasteiger partial charge in [-0.2, -0.15) is 14.9 Å². The fraction of sp³-hybridized carbons (Fsp3) is 0.458. The molecule has 1 N–H and O–H groups in total. The fourth-order valence-corrected chi connectivity index (χ4v) is 5.41. The standard InChI is InChI=1S/C23H28N4O.CO2/c1-4-23-11-7-13-26(15-24)22(23)21-19(10-12-25-17(3)28)18-8-5-6-9-20(18)27(21)16(2)14-23;2-1-3/h5-6,8-9,14,22H,4,7,10-13H2,1-3H3,(H,25,28);/t22-,23+;/m1./s1. The number of piperidine rings is 1. The van der Waals surface area contributed by atoms with Crippen LogP contribution in [0.15, 0.2) is 30.3 Å². The molecule has 2 aliphatic rings. The minimum atomic E-state index is -0.00874. The van der Waals surface area contributed by atoms with Gasteiger partial charge < -0.3 is 14.8 Å². The molecule has 1 aromatic carbocycles. The Morgan fingerprint density at radius 1 is 1.32 bits per heavy atom. The largest absolute Gasteiger partial charge is 0.373 e. The number of nitrogens with zero attached hydrogens (tertiary/aromatic N) is 3. The number of fused-ring (bicyclic) bond motifs is 5. The molecule has 7 nitrogen and oxygen atoms in total. The maximum atomic E-state index is 11.4. The average Bonchev–Trinajstić information content (AvgIpc) is 3.08. The van der Waals surface area contributed by atoms with Gasteiger partial charge in [0.2, 0.25) is 5.91 Å². The Morgan fingerprint density at radius 3 is 2.68 bits per heavy atom. The normalized spacial score (nSPS) is 21.5. The van der Waals surface area contributed by atoms with Crippen LogP contribution in [0.2, 0.25) is 0 Å². The van der Waals surface area contributed by atoms with Crippen LogP contribution in [0.1, 0.15) is 57.3 Å². The third-order valence-corrected chi connectivity index (χ3v) is 6.56. The molecule has 3 heterocycles. The van der Waals surface area contributed by atoms with Gasteiger partial charge in [-0.1, -0.05) is 31.2 Å². The summed E-state index contributed by atoms with van der Waals surface area (Å²) in [7, 11) is 0. The van der Waals surface area contributed by atoms with Crippen molar-refractivity contribution in [3.63, 3.8) is 0 Å². The van der Waals surface area contributed by atoms with E-state index in [0.717, 1.165) is 32.2 Å². The predicted octanol–water partition coefficient (Wildman–Crippen LogP) is 3.63. The predicted molar refractivity (Wildman–Crippen MR) is 116 cm³/mol. The van der Waals surface area contributed by atoms with Crippen molar-refractivity contribution in [2.75, 3.05) is 13.1 Å². The highest BCUT2D eigenvalue weighted by atomic mass is 16.2. The molecule has 1 fully saturated rings. The van der Waals surface area contributed by atoms with Crippen molar-refractivity contribution >= 4 is 28.7 Å². The van der Waals surface area contributed by atoms with Crippen molar-refractivity contribution in [2.45, 2.75) is 52.5 Å². The van der Waals surface area contributed by atoms with Crippen LogP contribution in [-0.4, -0.2) is 34.6 Å². The van der Waals surface area contributed by atoms with E-state index in [1.807, 2.05) is 4.90 Å². The van der Waals surface area contributed by atoms with Gasteiger partial charge >= 0.3 is 6.15 Å². The van der Waals surface area contributed by atoms with Crippen LogP contribution in [0, 0.1) is 16.9 Å². The van der Waals surface area contributed by atoms with Gasteiger partial charge in [0.1, 0.15) is 0 Å². The number of benzene rings is 1. The summed E-state index contributed by atoms with van der Waals surface area (Å²) in [6.45, 7) is 7.40. The molecule has 31 heavy (non-hydrogen) atoms. The second-order valence-corrected chi connectivity index (χ2v) is 8.20. The van der Waals surface area contributed by atoms with Crippen LogP contribution in [0.4, 0.5) is 0 Å². The fourth-order valence-electron chi connectivity index (χ4n) is 5.41. The van der Waals surface area contributed by atoms with E-state index in [2.05, 4.69) is 60.3 Å². The molecule has 0 spiro atoms. The zero-order valence-corrected chi connectivity index (χ0v) is 18.3. The SMILES string of the molecule is CC[C@]12C=C(C)n3c(c(CCNC(C)=O)c4ccccc43)[C@H]1N(C#N)CCC2.O=C=O. The highest BCUT2D eigenvalue weighted by Gasteiger charge is 2.48. The summed E-state index contributed by atoms with van der Waals surface area (Å²) >= 11 is 0.